The second-order valence-corrected chi connectivity index (χ2v) is 12.6. The van der Waals surface area contributed by atoms with E-state index in [0.717, 1.165) is 77.1 Å². The molecule has 0 spiro atoms. The highest BCUT2D eigenvalue weighted by molar-refractivity contribution is 7.80. The summed E-state index contributed by atoms with van der Waals surface area (Å²) in [5.74, 6) is -0.212. The number of anilines is 2. The molecule has 0 bridgehead atoms. The summed E-state index contributed by atoms with van der Waals surface area (Å²) in [4.78, 5) is 21.1. The fraction of sp³-hybridized carbons (Fsp3) is 0.324. The summed E-state index contributed by atoms with van der Waals surface area (Å²) in [7, 11) is 0. The van der Waals surface area contributed by atoms with Crippen LogP contribution in [-0.2, 0) is 0 Å². The molecule has 2 aromatic carbocycles. The molecule has 4 heterocycles. The van der Waals surface area contributed by atoms with Crippen LogP contribution in [0, 0.1) is 26.7 Å². The topological polar surface area (TPSA) is 73.6 Å². The number of hydrogen-bond acceptors (Lipinski definition) is 4. The lowest BCUT2D eigenvalue weighted by Gasteiger charge is -2.33. The van der Waals surface area contributed by atoms with Gasteiger partial charge in [0.05, 0.1) is 34.1 Å². The predicted octanol–water partition coefficient (Wildman–Crippen LogP) is 7.56. The van der Waals surface area contributed by atoms with Gasteiger partial charge in [0, 0.05) is 42.0 Å². The number of nitrogens with zero attached hydrogens (tertiary/aromatic N) is 4. The zero-order valence-corrected chi connectivity index (χ0v) is 26.4. The van der Waals surface area contributed by atoms with E-state index < -0.39 is 5.97 Å². The van der Waals surface area contributed by atoms with Crippen molar-refractivity contribution in [3.05, 3.63) is 106 Å². The summed E-state index contributed by atoms with van der Waals surface area (Å²) in [6.45, 7) is 10.4. The van der Waals surface area contributed by atoms with Gasteiger partial charge in [-0.05, 0) is 111 Å². The van der Waals surface area contributed by atoms with Crippen molar-refractivity contribution in [1.82, 2.24) is 14.9 Å². The number of aromatic carboxylic acids is 1. The van der Waals surface area contributed by atoms with Crippen LogP contribution < -0.4 is 15.1 Å². The molecule has 6 rings (SSSR count). The van der Waals surface area contributed by atoms with Crippen LogP contribution in [-0.4, -0.2) is 38.8 Å². The third kappa shape index (κ3) is 5.38. The van der Waals surface area contributed by atoms with Crippen molar-refractivity contribution in [3.8, 4) is 5.69 Å². The molecule has 43 heavy (non-hydrogen) atoms. The zero-order valence-electron chi connectivity index (χ0n) is 24.8. The van der Waals surface area contributed by atoms with Crippen LogP contribution in [0.3, 0.4) is 0 Å². The van der Waals surface area contributed by atoms with Gasteiger partial charge in [0.25, 0.3) is 0 Å². The Labute approximate surface area is 263 Å². The number of thiocarbonyl (C=S) groups is 1. The number of piperidine rings is 1. The van der Waals surface area contributed by atoms with E-state index in [1.54, 1.807) is 18.3 Å². The normalized spacial score (nSPS) is 19.1. The molecule has 2 N–H and O–H groups in total. The van der Waals surface area contributed by atoms with Crippen molar-refractivity contribution in [2.45, 2.75) is 52.6 Å². The number of rotatable bonds is 6. The minimum atomic E-state index is -0.949. The van der Waals surface area contributed by atoms with Crippen molar-refractivity contribution < 1.29 is 9.90 Å². The highest BCUT2D eigenvalue weighted by Crippen LogP contribution is 2.45. The summed E-state index contributed by atoms with van der Waals surface area (Å²) in [5.41, 5.74) is 8.03. The highest BCUT2D eigenvalue weighted by atomic mass is 35.5. The number of pyridine rings is 1. The van der Waals surface area contributed by atoms with Gasteiger partial charge in [-0.2, -0.15) is 0 Å². The number of benzene rings is 2. The number of nitrogens with one attached hydrogen (secondary N) is 1. The number of halogens is 1. The maximum absolute atomic E-state index is 11.8. The monoisotopic (exact) mass is 613 g/mol. The molecule has 7 nitrogen and oxygen atoms in total. The van der Waals surface area contributed by atoms with Crippen LogP contribution in [0.25, 0.3) is 5.69 Å². The minimum absolute atomic E-state index is 0.212. The summed E-state index contributed by atoms with van der Waals surface area (Å²) in [6.07, 6.45) is 4.13. The number of carboxylic acid groups (broad SMARTS) is 1. The first-order valence-corrected chi connectivity index (χ1v) is 15.5. The Morgan fingerprint density at radius 3 is 2.47 bits per heavy atom. The average molecular weight is 614 g/mol. The maximum atomic E-state index is 11.8. The van der Waals surface area contributed by atoms with Gasteiger partial charge in [-0.25, -0.2) is 4.79 Å². The molecule has 0 radical (unpaired) electrons. The minimum Gasteiger partial charge on any atom is -0.478 e. The quantitative estimate of drug-likeness (QED) is 0.217. The molecule has 9 heteroatoms. The lowest BCUT2D eigenvalue weighted by molar-refractivity contribution is 0.0697. The third-order valence-corrected chi connectivity index (χ3v) is 9.54. The molecule has 0 amide bonds. The lowest BCUT2D eigenvalue weighted by atomic mass is 9.96. The Hall–Kier alpha value is -3.88. The van der Waals surface area contributed by atoms with Crippen LogP contribution in [0.15, 0.2) is 66.9 Å². The molecule has 0 aliphatic carbocycles. The van der Waals surface area contributed by atoms with Crippen molar-refractivity contribution in [2.75, 3.05) is 22.9 Å². The number of carboxylic acids is 1. The number of hydrogen-bond donors (Lipinski definition) is 2. The van der Waals surface area contributed by atoms with Crippen LogP contribution in [0.4, 0.5) is 11.4 Å². The fourth-order valence-electron chi connectivity index (χ4n) is 6.54. The van der Waals surface area contributed by atoms with E-state index in [1.165, 1.54) is 0 Å². The van der Waals surface area contributed by atoms with E-state index in [4.69, 9.17) is 28.8 Å². The molecule has 2 atom stereocenters. The Balaban J connectivity index is 1.46. The highest BCUT2D eigenvalue weighted by Gasteiger charge is 2.42. The molecular formula is C34H36ClN5O2S. The smallest absolute Gasteiger partial charge is 0.335 e. The molecule has 2 aliphatic rings. The van der Waals surface area contributed by atoms with Gasteiger partial charge in [0.1, 0.15) is 0 Å². The fourth-order valence-corrected chi connectivity index (χ4v) is 7.18. The maximum Gasteiger partial charge on any atom is 0.335 e. The van der Waals surface area contributed by atoms with E-state index in [9.17, 15) is 9.90 Å². The van der Waals surface area contributed by atoms with Crippen molar-refractivity contribution in [3.63, 3.8) is 0 Å². The standard InChI is InChI=1S/C34H36ClN5O2S/c1-20-12-15-38(16-13-20)29-11-10-25(19-27(29)35)40-32(31(37-34(40)43)28-7-5-6-14-36-28)26-17-22(3)39(23(26)4)30-18-24(33(41)42)9-8-21(30)2/h5-11,14,17-20,31-32H,12-13,15-16H2,1-4H3,(H,37,43)(H,41,42)/t31-,32+/m0/s1. The number of aromatic nitrogens is 2. The van der Waals surface area contributed by atoms with Crippen molar-refractivity contribution in [2.24, 2.45) is 5.92 Å². The van der Waals surface area contributed by atoms with E-state index in [0.29, 0.717) is 10.1 Å². The summed E-state index contributed by atoms with van der Waals surface area (Å²) >= 11 is 13.0. The van der Waals surface area contributed by atoms with Gasteiger partial charge in [-0.3, -0.25) is 4.98 Å². The van der Waals surface area contributed by atoms with E-state index in [2.05, 4.69) is 58.7 Å². The Morgan fingerprint density at radius 2 is 1.79 bits per heavy atom. The van der Waals surface area contributed by atoms with Gasteiger partial charge in [0.15, 0.2) is 5.11 Å². The van der Waals surface area contributed by atoms with Gasteiger partial charge < -0.3 is 24.8 Å². The predicted molar refractivity (Wildman–Crippen MR) is 177 cm³/mol. The molecule has 2 aromatic heterocycles. The van der Waals surface area contributed by atoms with Gasteiger partial charge in [-0.15, -0.1) is 0 Å². The molecule has 0 saturated carbocycles. The largest absolute Gasteiger partial charge is 0.478 e. The van der Waals surface area contributed by atoms with E-state index in [-0.39, 0.29) is 17.6 Å². The molecular weight excluding hydrogens is 578 g/mol. The summed E-state index contributed by atoms with van der Waals surface area (Å²) < 4.78 is 2.14. The first-order valence-electron chi connectivity index (χ1n) is 14.7. The van der Waals surface area contributed by atoms with Crippen LogP contribution >= 0.6 is 23.8 Å². The van der Waals surface area contributed by atoms with Gasteiger partial charge in [-0.1, -0.05) is 30.7 Å². The molecule has 2 fully saturated rings. The van der Waals surface area contributed by atoms with Gasteiger partial charge in [0.2, 0.25) is 0 Å². The van der Waals surface area contributed by atoms with Gasteiger partial charge >= 0.3 is 5.97 Å². The molecule has 4 aromatic rings. The Bertz CT molecular complexity index is 1700. The molecule has 2 aliphatic heterocycles. The first-order chi connectivity index (χ1) is 20.6. The van der Waals surface area contributed by atoms with Crippen molar-refractivity contribution >= 4 is 46.3 Å². The number of aryl methyl sites for hydroxylation is 2. The van der Waals surface area contributed by atoms with E-state index >= 15 is 0 Å². The lowest BCUT2D eigenvalue weighted by Crippen LogP contribution is -2.33. The van der Waals surface area contributed by atoms with Crippen LogP contribution in [0.1, 0.15) is 70.4 Å². The second-order valence-electron chi connectivity index (χ2n) is 11.8. The second kappa shape index (κ2) is 11.7. The average Bonchev–Trinajstić information content (AvgIpc) is 3.48. The zero-order chi connectivity index (χ0) is 30.4. The molecule has 222 valence electrons. The Kier molecular flexibility index (Phi) is 7.92. The molecule has 2 saturated heterocycles. The molecule has 0 unspecified atom stereocenters. The van der Waals surface area contributed by atoms with E-state index in [1.807, 2.05) is 37.3 Å². The summed E-state index contributed by atoms with van der Waals surface area (Å²) in [5, 5.41) is 14.6. The summed E-state index contributed by atoms with van der Waals surface area (Å²) in [6, 6.07) is 19.2. The van der Waals surface area contributed by atoms with Crippen LogP contribution in [0.5, 0.6) is 0 Å². The van der Waals surface area contributed by atoms with Crippen LogP contribution in [0.2, 0.25) is 5.02 Å². The number of carbonyl (C=O) groups is 1. The third-order valence-electron chi connectivity index (χ3n) is 8.92. The van der Waals surface area contributed by atoms with Crippen molar-refractivity contribution in [1.29, 1.82) is 0 Å². The SMILES string of the molecule is Cc1ccc(C(=O)O)cc1-n1c(C)cc([C@@H]2[C@H](c3ccccn3)NC(=S)N2c2ccc(N3CCC(C)CC3)c(Cl)c2)c1C. The Morgan fingerprint density at radius 1 is 1.02 bits per heavy atom. The first kappa shape index (κ1) is 29.2.